The lowest BCUT2D eigenvalue weighted by atomic mass is 10.2. The van der Waals surface area contributed by atoms with Crippen LogP contribution in [-0.4, -0.2) is 53.3 Å². The molecule has 0 fully saturated rings. The lowest BCUT2D eigenvalue weighted by Crippen LogP contribution is -2.30. The molecule has 0 spiro atoms. The van der Waals surface area contributed by atoms with Crippen molar-refractivity contribution in [3.05, 3.63) is 35.8 Å². The summed E-state index contributed by atoms with van der Waals surface area (Å²) in [6, 6.07) is 5.70. The monoisotopic (exact) mass is 317 g/mol. The van der Waals surface area contributed by atoms with Crippen LogP contribution in [0.15, 0.2) is 24.4 Å². The second-order valence-corrected chi connectivity index (χ2v) is 5.67. The molecule has 0 radical (unpaired) electrons. The molecule has 0 aliphatic heterocycles. The van der Waals surface area contributed by atoms with E-state index in [1.165, 1.54) is 6.92 Å². The second kappa shape index (κ2) is 7.73. The standard InChI is InChI=1S/C16H23N5O2/c1-12(22)17-8-6-9-18-16(23)15-13(11-20(2)3)21-10-5-4-7-14(21)19-15/h4-5,7,10H,6,8-9,11H2,1-3H3,(H,17,22)(H,18,23). The Labute approximate surface area is 135 Å². The maximum Gasteiger partial charge on any atom is 0.271 e. The fourth-order valence-electron chi connectivity index (χ4n) is 2.32. The summed E-state index contributed by atoms with van der Waals surface area (Å²) in [5, 5.41) is 5.56. The number of nitrogens with zero attached hydrogens (tertiary/aromatic N) is 3. The van der Waals surface area contributed by atoms with E-state index in [1.807, 2.05) is 47.8 Å². The molecule has 2 heterocycles. The summed E-state index contributed by atoms with van der Waals surface area (Å²) in [7, 11) is 3.91. The summed E-state index contributed by atoms with van der Waals surface area (Å²) in [6.07, 6.45) is 2.59. The maximum atomic E-state index is 12.4. The molecule has 7 nitrogen and oxygen atoms in total. The van der Waals surface area contributed by atoms with E-state index in [-0.39, 0.29) is 11.8 Å². The van der Waals surface area contributed by atoms with E-state index < -0.39 is 0 Å². The Morgan fingerprint density at radius 1 is 1.22 bits per heavy atom. The normalized spacial score (nSPS) is 11.0. The van der Waals surface area contributed by atoms with Crippen LogP contribution in [0.25, 0.3) is 5.65 Å². The number of hydrogen-bond acceptors (Lipinski definition) is 4. The molecular weight excluding hydrogens is 294 g/mol. The number of rotatable bonds is 7. The Bertz CT molecular complexity index is 693. The Balaban J connectivity index is 2.08. The largest absolute Gasteiger partial charge is 0.356 e. The first-order valence-electron chi connectivity index (χ1n) is 7.62. The predicted octanol–water partition coefficient (Wildman–Crippen LogP) is 0.652. The van der Waals surface area contributed by atoms with E-state index in [0.29, 0.717) is 31.7 Å². The molecule has 0 saturated carbocycles. The van der Waals surface area contributed by atoms with Gasteiger partial charge < -0.3 is 19.9 Å². The lowest BCUT2D eigenvalue weighted by molar-refractivity contribution is -0.118. The molecule has 2 amide bonds. The molecular formula is C16H23N5O2. The molecule has 2 N–H and O–H groups in total. The number of imidazole rings is 1. The Kier molecular flexibility index (Phi) is 5.70. The highest BCUT2D eigenvalue weighted by atomic mass is 16.2. The molecule has 0 atom stereocenters. The van der Waals surface area contributed by atoms with Crippen molar-refractivity contribution in [2.24, 2.45) is 0 Å². The van der Waals surface area contributed by atoms with Gasteiger partial charge in [-0.05, 0) is 32.6 Å². The number of carbonyl (C=O) groups excluding carboxylic acids is 2. The predicted molar refractivity (Wildman–Crippen MR) is 88.2 cm³/mol. The average Bonchev–Trinajstić information content (AvgIpc) is 2.85. The third kappa shape index (κ3) is 4.53. The van der Waals surface area contributed by atoms with Gasteiger partial charge in [0.15, 0.2) is 5.69 Å². The molecule has 0 aliphatic rings. The van der Waals surface area contributed by atoms with Crippen LogP contribution >= 0.6 is 0 Å². The van der Waals surface area contributed by atoms with Crippen molar-refractivity contribution < 1.29 is 9.59 Å². The van der Waals surface area contributed by atoms with Crippen LogP contribution in [-0.2, 0) is 11.3 Å². The van der Waals surface area contributed by atoms with Crippen molar-refractivity contribution in [3.8, 4) is 0 Å². The van der Waals surface area contributed by atoms with E-state index in [2.05, 4.69) is 15.6 Å². The molecule has 124 valence electrons. The Hall–Kier alpha value is -2.41. The summed E-state index contributed by atoms with van der Waals surface area (Å²) in [4.78, 5) is 29.7. The van der Waals surface area contributed by atoms with Gasteiger partial charge in [-0.2, -0.15) is 0 Å². The molecule has 0 aromatic carbocycles. The summed E-state index contributed by atoms with van der Waals surface area (Å²) in [5.74, 6) is -0.252. The van der Waals surface area contributed by atoms with Crippen molar-refractivity contribution in [2.45, 2.75) is 19.9 Å². The van der Waals surface area contributed by atoms with Crippen LogP contribution in [0, 0.1) is 0 Å². The number of amides is 2. The number of pyridine rings is 1. The Morgan fingerprint density at radius 3 is 2.65 bits per heavy atom. The quantitative estimate of drug-likeness (QED) is 0.735. The van der Waals surface area contributed by atoms with E-state index in [9.17, 15) is 9.59 Å². The summed E-state index contributed by atoms with van der Waals surface area (Å²) in [5.41, 5.74) is 2.07. The van der Waals surface area contributed by atoms with Crippen LogP contribution in [0.3, 0.4) is 0 Å². The first kappa shape index (κ1) is 17.0. The second-order valence-electron chi connectivity index (χ2n) is 5.67. The molecule has 0 aliphatic carbocycles. The van der Waals surface area contributed by atoms with Crippen LogP contribution in [0.5, 0.6) is 0 Å². The van der Waals surface area contributed by atoms with E-state index in [1.54, 1.807) is 0 Å². The summed E-state index contributed by atoms with van der Waals surface area (Å²) < 4.78 is 1.94. The van der Waals surface area contributed by atoms with Gasteiger partial charge in [-0.1, -0.05) is 6.07 Å². The van der Waals surface area contributed by atoms with Crippen LogP contribution in [0.4, 0.5) is 0 Å². The van der Waals surface area contributed by atoms with Gasteiger partial charge >= 0.3 is 0 Å². The molecule has 2 aromatic rings. The van der Waals surface area contributed by atoms with Gasteiger partial charge in [-0.3, -0.25) is 9.59 Å². The van der Waals surface area contributed by atoms with Crippen molar-refractivity contribution in [2.75, 3.05) is 27.2 Å². The molecule has 2 rings (SSSR count). The van der Waals surface area contributed by atoms with Crippen LogP contribution in [0.1, 0.15) is 29.5 Å². The third-order valence-corrected chi connectivity index (χ3v) is 3.32. The minimum absolute atomic E-state index is 0.0649. The minimum atomic E-state index is -0.187. The van der Waals surface area contributed by atoms with Gasteiger partial charge in [0.2, 0.25) is 5.91 Å². The summed E-state index contributed by atoms with van der Waals surface area (Å²) >= 11 is 0. The number of nitrogens with one attached hydrogen (secondary N) is 2. The zero-order valence-corrected chi connectivity index (χ0v) is 13.8. The minimum Gasteiger partial charge on any atom is -0.356 e. The number of hydrogen-bond donors (Lipinski definition) is 2. The number of aromatic nitrogens is 2. The van der Waals surface area contributed by atoms with Crippen molar-refractivity contribution >= 4 is 17.5 Å². The van der Waals surface area contributed by atoms with Gasteiger partial charge in [0.05, 0.1) is 5.69 Å². The van der Waals surface area contributed by atoms with Crippen LogP contribution < -0.4 is 10.6 Å². The van der Waals surface area contributed by atoms with E-state index in [0.717, 1.165) is 11.3 Å². The van der Waals surface area contributed by atoms with Crippen molar-refractivity contribution in [1.29, 1.82) is 0 Å². The Morgan fingerprint density at radius 2 is 1.96 bits per heavy atom. The van der Waals surface area contributed by atoms with Gasteiger partial charge in [0.1, 0.15) is 5.65 Å². The number of carbonyl (C=O) groups is 2. The SMILES string of the molecule is CC(=O)NCCCNC(=O)c1nc2ccccn2c1CN(C)C. The molecule has 0 bridgehead atoms. The molecule has 23 heavy (non-hydrogen) atoms. The fraction of sp³-hybridized carbons (Fsp3) is 0.438. The molecule has 0 saturated heterocycles. The van der Waals surface area contributed by atoms with Crippen LogP contribution in [0.2, 0.25) is 0 Å². The van der Waals surface area contributed by atoms with Gasteiger partial charge in [-0.25, -0.2) is 4.98 Å². The van der Waals surface area contributed by atoms with Crippen molar-refractivity contribution in [3.63, 3.8) is 0 Å². The fourth-order valence-corrected chi connectivity index (χ4v) is 2.32. The topological polar surface area (TPSA) is 78.7 Å². The van der Waals surface area contributed by atoms with Crippen molar-refractivity contribution in [1.82, 2.24) is 24.9 Å². The highest BCUT2D eigenvalue weighted by Crippen LogP contribution is 2.14. The zero-order valence-electron chi connectivity index (χ0n) is 13.8. The molecule has 0 unspecified atom stereocenters. The van der Waals surface area contributed by atoms with E-state index in [4.69, 9.17) is 0 Å². The average molecular weight is 317 g/mol. The van der Waals surface area contributed by atoms with Gasteiger partial charge in [-0.15, -0.1) is 0 Å². The highest BCUT2D eigenvalue weighted by Gasteiger charge is 2.18. The zero-order chi connectivity index (χ0) is 16.8. The maximum absolute atomic E-state index is 12.4. The first-order chi connectivity index (χ1) is 11.0. The first-order valence-corrected chi connectivity index (χ1v) is 7.62. The van der Waals surface area contributed by atoms with Gasteiger partial charge in [0.25, 0.3) is 5.91 Å². The number of fused-ring (bicyclic) bond motifs is 1. The lowest BCUT2D eigenvalue weighted by Gasteiger charge is -2.11. The smallest absolute Gasteiger partial charge is 0.271 e. The molecule has 7 heteroatoms. The van der Waals surface area contributed by atoms with E-state index >= 15 is 0 Å². The van der Waals surface area contributed by atoms with Gasteiger partial charge in [0, 0.05) is 32.8 Å². The summed E-state index contributed by atoms with van der Waals surface area (Å²) in [6.45, 7) is 3.14. The molecule has 2 aromatic heterocycles. The third-order valence-electron chi connectivity index (χ3n) is 3.32. The highest BCUT2D eigenvalue weighted by molar-refractivity contribution is 5.94.